The van der Waals surface area contributed by atoms with E-state index >= 15 is 0 Å². The predicted molar refractivity (Wildman–Crippen MR) is 124 cm³/mol. The van der Waals surface area contributed by atoms with Crippen molar-refractivity contribution >= 4 is 11.6 Å². The van der Waals surface area contributed by atoms with Crippen LogP contribution in [0.15, 0.2) is 36.4 Å². The number of hydrogen-bond acceptors (Lipinski definition) is 8. The molecule has 2 aromatic carbocycles. The number of rotatable bonds is 13. The summed E-state index contributed by atoms with van der Waals surface area (Å²) in [4.78, 5) is 26.1. The van der Waals surface area contributed by atoms with Crippen molar-refractivity contribution in [1.29, 1.82) is 10.5 Å². The molecule has 0 aromatic heterocycles. The van der Waals surface area contributed by atoms with Crippen molar-refractivity contribution in [2.24, 2.45) is 0 Å². The fraction of sp³-hybridized carbons (Fsp3) is 0.385. The lowest BCUT2D eigenvalue weighted by molar-refractivity contribution is -0.137. The smallest absolute Gasteiger partial charge is 0.221 e. The van der Waals surface area contributed by atoms with Gasteiger partial charge in [0, 0.05) is 0 Å². The first kappa shape index (κ1) is 26.2. The van der Waals surface area contributed by atoms with Crippen molar-refractivity contribution < 1.29 is 28.5 Å². The van der Waals surface area contributed by atoms with Crippen LogP contribution in [0.25, 0.3) is 0 Å². The Hall–Kier alpha value is -4.04. The van der Waals surface area contributed by atoms with E-state index in [1.807, 2.05) is 26.0 Å². The highest BCUT2D eigenvalue weighted by molar-refractivity contribution is 6.42. The van der Waals surface area contributed by atoms with Crippen molar-refractivity contribution in [3.8, 4) is 35.1 Å². The molecule has 2 unspecified atom stereocenters. The molecule has 0 saturated heterocycles. The monoisotopic (exact) mass is 464 g/mol. The predicted octanol–water partition coefficient (Wildman–Crippen LogP) is 4.33. The van der Waals surface area contributed by atoms with Crippen molar-refractivity contribution in [2.45, 2.75) is 39.5 Å². The quantitative estimate of drug-likeness (QED) is 0.402. The van der Waals surface area contributed by atoms with E-state index < -0.39 is 23.4 Å². The minimum Gasteiger partial charge on any atom is -0.490 e. The number of nitrogens with zero attached hydrogens (tertiary/aromatic N) is 2. The number of ether oxygens (including phenoxy) is 4. The van der Waals surface area contributed by atoms with Crippen LogP contribution in [-0.4, -0.2) is 38.0 Å². The minimum atomic E-state index is -1.40. The standard InChI is InChI=1S/C26H28N2O6/c1-5-31-21-11-9-17(13-23(21)33-7-3)19(15-27)25(29)26(30)20(16-28)18-10-12-22(32-6-2)24(14-18)34-8-4/h9-14,19-20H,5-8H2,1-4H3. The Morgan fingerprint density at radius 2 is 0.971 bits per heavy atom. The Bertz CT molecular complexity index is 1010. The lowest BCUT2D eigenvalue weighted by Crippen LogP contribution is -2.26. The maximum absolute atomic E-state index is 13.1. The Morgan fingerprint density at radius 3 is 1.26 bits per heavy atom. The van der Waals surface area contributed by atoms with Gasteiger partial charge in [0.2, 0.25) is 11.6 Å². The molecule has 0 amide bonds. The van der Waals surface area contributed by atoms with Gasteiger partial charge in [-0.1, -0.05) is 12.1 Å². The van der Waals surface area contributed by atoms with Gasteiger partial charge < -0.3 is 18.9 Å². The summed E-state index contributed by atoms with van der Waals surface area (Å²) in [5.74, 6) is -3.08. The van der Waals surface area contributed by atoms with E-state index in [2.05, 4.69) is 0 Å². The Kier molecular flexibility index (Phi) is 9.91. The summed E-state index contributed by atoms with van der Waals surface area (Å²) < 4.78 is 22.1. The van der Waals surface area contributed by atoms with E-state index in [0.29, 0.717) is 49.4 Å². The first-order valence-corrected chi connectivity index (χ1v) is 11.1. The summed E-state index contributed by atoms with van der Waals surface area (Å²) >= 11 is 0. The van der Waals surface area contributed by atoms with Crippen molar-refractivity contribution in [2.75, 3.05) is 26.4 Å². The summed E-state index contributed by atoms with van der Waals surface area (Å²) in [6.07, 6.45) is 0. The third-order valence-electron chi connectivity index (χ3n) is 4.83. The van der Waals surface area contributed by atoms with Gasteiger partial charge in [-0.3, -0.25) is 9.59 Å². The van der Waals surface area contributed by atoms with Gasteiger partial charge in [0.15, 0.2) is 23.0 Å². The topological polar surface area (TPSA) is 119 Å². The highest BCUT2D eigenvalue weighted by Gasteiger charge is 2.34. The van der Waals surface area contributed by atoms with Crippen LogP contribution in [0.3, 0.4) is 0 Å². The molecule has 8 heteroatoms. The highest BCUT2D eigenvalue weighted by Crippen LogP contribution is 2.34. The van der Waals surface area contributed by atoms with Crippen LogP contribution < -0.4 is 18.9 Å². The van der Waals surface area contributed by atoms with Crippen LogP contribution in [-0.2, 0) is 9.59 Å². The zero-order valence-electron chi connectivity index (χ0n) is 19.8. The first-order chi connectivity index (χ1) is 16.4. The zero-order valence-corrected chi connectivity index (χ0v) is 19.8. The molecular formula is C26H28N2O6. The molecule has 0 radical (unpaired) electrons. The van der Waals surface area contributed by atoms with Crippen molar-refractivity contribution in [3.63, 3.8) is 0 Å². The van der Waals surface area contributed by atoms with Gasteiger partial charge in [-0.15, -0.1) is 0 Å². The second kappa shape index (κ2) is 12.9. The molecule has 0 saturated carbocycles. The number of nitriles is 2. The third-order valence-corrected chi connectivity index (χ3v) is 4.83. The van der Waals surface area contributed by atoms with E-state index in [1.54, 1.807) is 26.0 Å². The molecule has 8 nitrogen and oxygen atoms in total. The Labute approximate surface area is 199 Å². The molecule has 178 valence electrons. The van der Waals surface area contributed by atoms with E-state index in [1.165, 1.54) is 24.3 Å². The van der Waals surface area contributed by atoms with Crippen LogP contribution in [0.5, 0.6) is 23.0 Å². The summed E-state index contributed by atoms with van der Waals surface area (Å²) in [5.41, 5.74) is 0.567. The van der Waals surface area contributed by atoms with E-state index in [4.69, 9.17) is 18.9 Å². The summed E-state index contributed by atoms with van der Waals surface area (Å²) in [6.45, 7) is 8.76. The number of hydrogen-bond donors (Lipinski definition) is 0. The second-order valence-corrected chi connectivity index (χ2v) is 7.00. The Balaban J connectivity index is 2.39. The molecule has 2 aromatic rings. The molecule has 2 rings (SSSR count). The number of benzene rings is 2. The second-order valence-electron chi connectivity index (χ2n) is 7.00. The minimum absolute atomic E-state index is 0.283. The molecule has 2 atom stereocenters. The molecule has 0 heterocycles. The van der Waals surface area contributed by atoms with Crippen LogP contribution in [0.2, 0.25) is 0 Å². The number of Topliss-reactive ketones (excluding diaryl/α,β-unsaturated/α-hetero) is 2. The van der Waals surface area contributed by atoms with Gasteiger partial charge in [-0.2, -0.15) is 10.5 Å². The summed E-state index contributed by atoms with van der Waals surface area (Å²) in [5, 5.41) is 19.4. The molecule has 0 N–H and O–H groups in total. The van der Waals surface area contributed by atoms with Gasteiger partial charge in [0.1, 0.15) is 11.8 Å². The zero-order chi connectivity index (χ0) is 25.1. The van der Waals surface area contributed by atoms with Crippen molar-refractivity contribution in [3.05, 3.63) is 47.5 Å². The highest BCUT2D eigenvalue weighted by atomic mass is 16.5. The molecule has 0 bridgehead atoms. The van der Waals surface area contributed by atoms with Crippen LogP contribution in [0, 0.1) is 22.7 Å². The number of carbonyl (C=O) groups is 2. The molecule has 0 aliphatic carbocycles. The fourth-order valence-electron chi connectivity index (χ4n) is 3.35. The molecule has 0 aliphatic heterocycles. The summed E-state index contributed by atoms with van der Waals surface area (Å²) in [6, 6.07) is 13.1. The van der Waals surface area contributed by atoms with Gasteiger partial charge in [-0.05, 0) is 63.1 Å². The van der Waals surface area contributed by atoms with E-state index in [9.17, 15) is 20.1 Å². The van der Waals surface area contributed by atoms with E-state index in [0.717, 1.165) is 0 Å². The van der Waals surface area contributed by atoms with Gasteiger partial charge in [0.25, 0.3) is 0 Å². The maximum Gasteiger partial charge on any atom is 0.221 e. The SMILES string of the molecule is CCOc1ccc(C(C#N)C(=O)C(=O)C(C#N)c2ccc(OCC)c(OCC)c2)cc1OCC. The summed E-state index contributed by atoms with van der Waals surface area (Å²) in [7, 11) is 0. The van der Waals surface area contributed by atoms with Gasteiger partial charge in [-0.25, -0.2) is 0 Å². The van der Waals surface area contributed by atoms with Crippen molar-refractivity contribution in [1.82, 2.24) is 0 Å². The molecular weight excluding hydrogens is 436 g/mol. The Morgan fingerprint density at radius 1 is 0.647 bits per heavy atom. The molecule has 34 heavy (non-hydrogen) atoms. The first-order valence-electron chi connectivity index (χ1n) is 11.1. The lowest BCUT2D eigenvalue weighted by Gasteiger charge is -2.16. The van der Waals surface area contributed by atoms with Crippen LogP contribution in [0.1, 0.15) is 50.7 Å². The average Bonchev–Trinajstić information content (AvgIpc) is 2.83. The molecule has 0 fully saturated rings. The fourth-order valence-corrected chi connectivity index (χ4v) is 3.35. The largest absolute Gasteiger partial charge is 0.490 e. The molecule has 0 aliphatic rings. The lowest BCUT2D eigenvalue weighted by atomic mass is 9.86. The number of carbonyl (C=O) groups excluding carboxylic acids is 2. The van der Waals surface area contributed by atoms with E-state index in [-0.39, 0.29) is 11.1 Å². The van der Waals surface area contributed by atoms with Gasteiger partial charge in [0.05, 0.1) is 38.6 Å². The van der Waals surface area contributed by atoms with Gasteiger partial charge >= 0.3 is 0 Å². The molecule has 0 spiro atoms. The maximum atomic E-state index is 13.1. The third kappa shape index (κ3) is 6.05. The number of ketones is 2. The van der Waals surface area contributed by atoms with Crippen LogP contribution in [0.4, 0.5) is 0 Å². The average molecular weight is 465 g/mol. The van der Waals surface area contributed by atoms with Crippen LogP contribution >= 0.6 is 0 Å². The normalized spacial score (nSPS) is 11.9.